The Hall–Kier alpha value is -1.99. The predicted octanol–water partition coefficient (Wildman–Crippen LogP) is 2.88. The Labute approximate surface area is 176 Å². The van der Waals surface area contributed by atoms with E-state index in [1.54, 1.807) is 30.3 Å². The molecule has 0 aliphatic heterocycles. The molecule has 134 valence electrons. The number of hydrazone groups is 1. The van der Waals surface area contributed by atoms with Gasteiger partial charge in [-0.2, -0.15) is 5.10 Å². The Balaban J connectivity index is 2.09. The van der Waals surface area contributed by atoms with Crippen molar-refractivity contribution in [1.29, 1.82) is 0 Å². The van der Waals surface area contributed by atoms with E-state index in [2.05, 4.69) is 33.1 Å². The molecule has 0 heterocycles. The third kappa shape index (κ3) is 5.78. The van der Waals surface area contributed by atoms with Crippen LogP contribution in [0, 0.1) is 7.14 Å². The lowest BCUT2D eigenvalue weighted by atomic mass is 10.1. The molecule has 0 aliphatic carbocycles. The molecule has 0 fully saturated rings. The van der Waals surface area contributed by atoms with Crippen molar-refractivity contribution >= 4 is 69.3 Å². The first-order valence-corrected chi connectivity index (χ1v) is 9.30. The number of hydrogen-bond acceptors (Lipinski definition) is 5. The third-order valence-corrected chi connectivity index (χ3v) is 4.56. The van der Waals surface area contributed by atoms with Gasteiger partial charge in [0.1, 0.15) is 5.75 Å². The zero-order valence-corrected chi connectivity index (χ0v) is 17.4. The lowest BCUT2D eigenvalue weighted by molar-refractivity contribution is -0.124. The summed E-state index contributed by atoms with van der Waals surface area (Å²) in [6.45, 7) is 0. The summed E-state index contributed by atoms with van der Waals surface area (Å²) >= 11 is 4.14. The molecule has 2 aromatic carbocycles. The topological polar surface area (TPSA) is 111 Å². The molecule has 2 amide bonds. The second-order valence-electron chi connectivity index (χ2n) is 4.96. The Morgan fingerprint density at radius 3 is 2.65 bits per heavy atom. The number of benzene rings is 2. The van der Waals surface area contributed by atoms with E-state index in [0.717, 1.165) is 9.65 Å². The van der Waals surface area contributed by atoms with E-state index in [1.807, 2.05) is 28.7 Å². The molecule has 26 heavy (non-hydrogen) atoms. The van der Waals surface area contributed by atoms with Crippen molar-refractivity contribution in [2.45, 2.75) is 0 Å². The number of rotatable bonds is 5. The molecule has 0 bridgehead atoms. The zero-order chi connectivity index (χ0) is 19.1. The molecule has 4 N–H and O–H groups in total. The standard InChI is InChI=1S/C17H13I2N3O4/c18-13-7-12(16(24)14(19)8-13)9-20-21-17(25)11-3-1-2-10(6-11)4-5-15(23)22-26/h1-9,24,26H,(H,21,25)(H,22,23). The molecule has 2 aromatic rings. The molecular formula is C17H13I2N3O4. The number of hydroxylamine groups is 1. The highest BCUT2D eigenvalue weighted by Crippen LogP contribution is 2.25. The van der Waals surface area contributed by atoms with Gasteiger partial charge in [-0.3, -0.25) is 14.8 Å². The van der Waals surface area contributed by atoms with Crippen molar-refractivity contribution < 1.29 is 19.9 Å². The van der Waals surface area contributed by atoms with Crippen LogP contribution in [0.5, 0.6) is 5.75 Å². The number of amides is 2. The quantitative estimate of drug-likeness (QED) is 0.144. The van der Waals surface area contributed by atoms with Crippen molar-refractivity contribution in [3.63, 3.8) is 0 Å². The number of aromatic hydroxyl groups is 1. The highest BCUT2D eigenvalue weighted by atomic mass is 127. The van der Waals surface area contributed by atoms with Crippen LogP contribution >= 0.6 is 45.2 Å². The van der Waals surface area contributed by atoms with Crippen LogP contribution in [0.25, 0.3) is 6.08 Å². The van der Waals surface area contributed by atoms with Gasteiger partial charge in [0.25, 0.3) is 11.8 Å². The average Bonchev–Trinajstić information content (AvgIpc) is 2.63. The highest BCUT2D eigenvalue weighted by Gasteiger charge is 2.07. The number of hydrogen-bond donors (Lipinski definition) is 4. The maximum Gasteiger partial charge on any atom is 0.271 e. The number of phenols is 1. The van der Waals surface area contributed by atoms with Crippen LogP contribution in [0.1, 0.15) is 21.5 Å². The van der Waals surface area contributed by atoms with Gasteiger partial charge < -0.3 is 5.11 Å². The summed E-state index contributed by atoms with van der Waals surface area (Å²) in [6, 6.07) is 10.1. The number of halogens is 2. The number of phenolic OH excluding ortho intramolecular Hbond substituents is 1. The number of carbonyl (C=O) groups excluding carboxylic acids is 2. The van der Waals surface area contributed by atoms with E-state index in [9.17, 15) is 14.7 Å². The smallest absolute Gasteiger partial charge is 0.271 e. The summed E-state index contributed by atoms with van der Waals surface area (Å²) in [6.07, 6.45) is 3.96. The minimum Gasteiger partial charge on any atom is -0.506 e. The average molecular weight is 577 g/mol. The molecule has 7 nitrogen and oxygen atoms in total. The molecule has 0 spiro atoms. The SMILES string of the molecule is O=C(C=Cc1cccc(C(=O)NN=Cc2cc(I)cc(I)c2O)c1)NO. The monoisotopic (exact) mass is 577 g/mol. The summed E-state index contributed by atoms with van der Waals surface area (Å²) in [5, 5.41) is 22.3. The summed E-state index contributed by atoms with van der Waals surface area (Å²) in [4.78, 5) is 23.2. The molecule has 0 unspecified atom stereocenters. The minimum absolute atomic E-state index is 0.0957. The van der Waals surface area contributed by atoms with Gasteiger partial charge >= 0.3 is 0 Å². The lowest BCUT2D eigenvalue weighted by Gasteiger charge is -2.04. The molecule has 0 saturated heterocycles. The number of carbonyl (C=O) groups is 2. The van der Waals surface area contributed by atoms with Crippen LogP contribution < -0.4 is 10.9 Å². The van der Waals surface area contributed by atoms with E-state index in [-0.39, 0.29) is 5.75 Å². The van der Waals surface area contributed by atoms with E-state index < -0.39 is 11.8 Å². The minimum atomic E-state index is -0.670. The van der Waals surface area contributed by atoms with Crippen LogP contribution in [0.2, 0.25) is 0 Å². The Kier molecular flexibility index (Phi) is 7.53. The Morgan fingerprint density at radius 2 is 1.92 bits per heavy atom. The van der Waals surface area contributed by atoms with Gasteiger partial charge in [-0.05, 0) is 81.1 Å². The normalized spacial score (nSPS) is 11.0. The van der Waals surface area contributed by atoms with E-state index in [0.29, 0.717) is 20.3 Å². The molecule has 0 atom stereocenters. The van der Waals surface area contributed by atoms with Gasteiger partial charge in [0.2, 0.25) is 0 Å². The largest absolute Gasteiger partial charge is 0.506 e. The summed E-state index contributed by atoms with van der Waals surface area (Å²) < 4.78 is 1.62. The molecule has 0 aliphatic rings. The van der Waals surface area contributed by atoms with Crippen molar-refractivity contribution in [2.24, 2.45) is 5.10 Å². The van der Waals surface area contributed by atoms with Gasteiger partial charge in [0.05, 0.1) is 9.78 Å². The lowest BCUT2D eigenvalue weighted by Crippen LogP contribution is -2.17. The van der Waals surface area contributed by atoms with Gasteiger partial charge in [0, 0.05) is 20.8 Å². The van der Waals surface area contributed by atoms with Crippen molar-refractivity contribution in [2.75, 3.05) is 0 Å². The van der Waals surface area contributed by atoms with E-state index in [1.165, 1.54) is 17.8 Å². The van der Waals surface area contributed by atoms with Gasteiger partial charge in [0.15, 0.2) is 0 Å². The van der Waals surface area contributed by atoms with Crippen LogP contribution in [0.4, 0.5) is 0 Å². The van der Waals surface area contributed by atoms with Crippen molar-refractivity contribution in [3.8, 4) is 5.75 Å². The van der Waals surface area contributed by atoms with Crippen molar-refractivity contribution in [3.05, 3.63) is 66.3 Å². The van der Waals surface area contributed by atoms with Gasteiger partial charge in [-0.1, -0.05) is 12.1 Å². The van der Waals surface area contributed by atoms with Crippen LogP contribution in [-0.4, -0.2) is 28.3 Å². The fourth-order valence-electron chi connectivity index (χ4n) is 1.90. The highest BCUT2D eigenvalue weighted by molar-refractivity contribution is 14.1. The van der Waals surface area contributed by atoms with Crippen molar-refractivity contribution in [1.82, 2.24) is 10.9 Å². The first-order valence-electron chi connectivity index (χ1n) is 7.14. The zero-order valence-electron chi connectivity index (χ0n) is 13.1. The Morgan fingerprint density at radius 1 is 1.15 bits per heavy atom. The first kappa shape index (κ1) is 20.3. The number of nitrogens with one attached hydrogen (secondary N) is 2. The molecule has 0 saturated carbocycles. The molecular weight excluding hydrogens is 564 g/mol. The first-order chi connectivity index (χ1) is 12.4. The molecule has 2 rings (SSSR count). The van der Waals surface area contributed by atoms with Crippen LogP contribution in [-0.2, 0) is 4.79 Å². The predicted molar refractivity (Wildman–Crippen MR) is 114 cm³/mol. The van der Waals surface area contributed by atoms with Crippen LogP contribution in [0.15, 0.2) is 47.6 Å². The summed E-state index contributed by atoms with van der Waals surface area (Å²) in [7, 11) is 0. The molecule has 0 aromatic heterocycles. The fraction of sp³-hybridized carbons (Fsp3) is 0. The fourth-order valence-corrected chi connectivity index (χ4v) is 3.79. The summed E-state index contributed by atoms with van der Waals surface area (Å²) in [5.74, 6) is -1.02. The molecule has 9 heteroatoms. The second kappa shape index (κ2) is 9.64. The third-order valence-electron chi connectivity index (χ3n) is 3.11. The maximum atomic E-state index is 12.2. The van der Waals surface area contributed by atoms with Gasteiger partial charge in [-0.25, -0.2) is 10.9 Å². The Bertz CT molecular complexity index is 898. The molecule has 0 radical (unpaired) electrons. The van der Waals surface area contributed by atoms with E-state index in [4.69, 9.17) is 5.21 Å². The van der Waals surface area contributed by atoms with E-state index >= 15 is 0 Å². The second-order valence-corrected chi connectivity index (χ2v) is 7.37. The summed E-state index contributed by atoms with van der Waals surface area (Å²) in [5.41, 5.74) is 5.31. The maximum absolute atomic E-state index is 12.2. The van der Waals surface area contributed by atoms with Crippen LogP contribution in [0.3, 0.4) is 0 Å². The number of nitrogens with zero attached hydrogens (tertiary/aromatic N) is 1. The van der Waals surface area contributed by atoms with Gasteiger partial charge in [-0.15, -0.1) is 0 Å².